The van der Waals surface area contributed by atoms with E-state index in [2.05, 4.69) is 22.3 Å². The quantitative estimate of drug-likeness (QED) is 0.829. The molecular weight excluding hydrogens is 228 g/mol. The number of hydrogen-bond donors (Lipinski definition) is 2. The first-order valence-corrected chi connectivity index (χ1v) is 6.39. The van der Waals surface area contributed by atoms with Crippen molar-refractivity contribution in [1.82, 2.24) is 5.32 Å². The Balaban J connectivity index is 2.07. The summed E-state index contributed by atoms with van der Waals surface area (Å²) < 4.78 is 0. The van der Waals surface area contributed by atoms with Gasteiger partial charge >= 0.3 is 5.97 Å². The van der Waals surface area contributed by atoms with Crippen LogP contribution in [0.4, 0.5) is 5.69 Å². The number of carbonyl (C=O) groups is 1. The van der Waals surface area contributed by atoms with Crippen LogP contribution in [0.15, 0.2) is 24.3 Å². The Morgan fingerprint density at radius 2 is 2.17 bits per heavy atom. The van der Waals surface area contributed by atoms with Crippen LogP contribution in [0.5, 0.6) is 0 Å². The maximum Gasteiger partial charge on any atom is 0.322 e. The summed E-state index contributed by atoms with van der Waals surface area (Å²) in [5, 5.41) is 12.3. The van der Waals surface area contributed by atoms with Gasteiger partial charge in [0.05, 0.1) is 0 Å². The Morgan fingerprint density at radius 3 is 2.83 bits per heavy atom. The van der Waals surface area contributed by atoms with Crippen LogP contribution in [0.25, 0.3) is 0 Å². The van der Waals surface area contributed by atoms with E-state index in [4.69, 9.17) is 0 Å². The van der Waals surface area contributed by atoms with Crippen molar-refractivity contribution in [3.63, 3.8) is 0 Å². The zero-order valence-electron chi connectivity index (χ0n) is 10.9. The molecule has 1 aliphatic heterocycles. The second-order valence-electron chi connectivity index (χ2n) is 5.04. The predicted molar refractivity (Wildman–Crippen MR) is 72.1 cm³/mol. The van der Waals surface area contributed by atoms with Crippen molar-refractivity contribution in [1.29, 1.82) is 0 Å². The molecule has 0 spiro atoms. The number of hydrogen-bond acceptors (Lipinski definition) is 3. The maximum atomic E-state index is 11.2. The molecule has 0 saturated carbocycles. The number of nitrogens with one attached hydrogen (secondary N) is 1. The summed E-state index contributed by atoms with van der Waals surface area (Å²) in [4.78, 5) is 13.4. The summed E-state index contributed by atoms with van der Waals surface area (Å²) in [6, 6.07) is 7.86. The van der Waals surface area contributed by atoms with Gasteiger partial charge in [-0.2, -0.15) is 0 Å². The number of fused-ring (bicyclic) bond motifs is 1. The minimum Gasteiger partial charge on any atom is -0.480 e. The maximum absolute atomic E-state index is 11.2. The van der Waals surface area contributed by atoms with Crippen LogP contribution >= 0.6 is 0 Å². The number of aliphatic carboxylic acids is 1. The zero-order chi connectivity index (χ0) is 13.1. The van der Waals surface area contributed by atoms with E-state index in [-0.39, 0.29) is 6.04 Å². The van der Waals surface area contributed by atoms with Gasteiger partial charge in [0, 0.05) is 24.8 Å². The standard InChI is InChI=1S/C14H20N2O2/c1-10(2)15-12(14(17)18)9-16-8-7-11-5-3-4-6-13(11)16/h3-6,10,12,15H,7-9H2,1-2H3,(H,17,18). The summed E-state index contributed by atoms with van der Waals surface area (Å²) in [7, 11) is 0. The Hall–Kier alpha value is -1.55. The van der Waals surface area contributed by atoms with Crippen LogP contribution in [0.3, 0.4) is 0 Å². The highest BCUT2D eigenvalue weighted by Crippen LogP contribution is 2.27. The van der Waals surface area contributed by atoms with E-state index in [0.29, 0.717) is 6.54 Å². The smallest absolute Gasteiger partial charge is 0.322 e. The molecule has 0 aliphatic carbocycles. The van der Waals surface area contributed by atoms with Crippen molar-refractivity contribution in [2.45, 2.75) is 32.4 Å². The third-order valence-corrected chi connectivity index (χ3v) is 3.22. The molecule has 1 heterocycles. The van der Waals surface area contributed by atoms with E-state index in [1.165, 1.54) is 11.3 Å². The van der Waals surface area contributed by atoms with Crippen LogP contribution in [0.1, 0.15) is 19.4 Å². The van der Waals surface area contributed by atoms with Gasteiger partial charge in [-0.05, 0) is 18.1 Å². The molecule has 1 atom stereocenters. The highest BCUT2D eigenvalue weighted by molar-refractivity contribution is 5.75. The summed E-state index contributed by atoms with van der Waals surface area (Å²) in [6.45, 7) is 5.36. The fourth-order valence-electron chi connectivity index (χ4n) is 2.42. The molecule has 0 aromatic heterocycles. The van der Waals surface area contributed by atoms with Gasteiger partial charge in [0.1, 0.15) is 6.04 Å². The molecule has 4 nitrogen and oxygen atoms in total. The molecule has 0 fully saturated rings. The van der Waals surface area contributed by atoms with Crippen LogP contribution in [0, 0.1) is 0 Å². The van der Waals surface area contributed by atoms with Gasteiger partial charge in [-0.3, -0.25) is 4.79 Å². The van der Waals surface area contributed by atoms with Crippen LogP contribution in [-0.2, 0) is 11.2 Å². The molecule has 0 bridgehead atoms. The molecule has 0 amide bonds. The first kappa shape index (κ1) is 12.9. The largest absolute Gasteiger partial charge is 0.480 e. The van der Waals surface area contributed by atoms with E-state index in [1.807, 2.05) is 26.0 Å². The van der Waals surface area contributed by atoms with E-state index in [9.17, 15) is 9.90 Å². The molecule has 2 rings (SSSR count). The lowest BCUT2D eigenvalue weighted by molar-refractivity contribution is -0.139. The lowest BCUT2D eigenvalue weighted by Crippen LogP contribution is -2.48. The van der Waals surface area contributed by atoms with Crippen LogP contribution < -0.4 is 10.2 Å². The van der Waals surface area contributed by atoms with E-state index in [0.717, 1.165) is 13.0 Å². The average molecular weight is 248 g/mol. The van der Waals surface area contributed by atoms with Crippen molar-refractivity contribution in [2.75, 3.05) is 18.0 Å². The molecule has 1 aromatic carbocycles. The van der Waals surface area contributed by atoms with Gasteiger partial charge in [0.2, 0.25) is 0 Å². The third-order valence-electron chi connectivity index (χ3n) is 3.22. The van der Waals surface area contributed by atoms with Gasteiger partial charge in [0.25, 0.3) is 0 Å². The van der Waals surface area contributed by atoms with Crippen molar-refractivity contribution >= 4 is 11.7 Å². The average Bonchev–Trinajstić information content (AvgIpc) is 2.71. The van der Waals surface area contributed by atoms with Crippen molar-refractivity contribution in [2.24, 2.45) is 0 Å². The van der Waals surface area contributed by atoms with Gasteiger partial charge in [-0.1, -0.05) is 32.0 Å². The molecule has 0 radical (unpaired) electrons. The molecule has 0 saturated heterocycles. The molecular formula is C14H20N2O2. The summed E-state index contributed by atoms with van der Waals surface area (Å²) in [5.41, 5.74) is 2.49. The lowest BCUT2D eigenvalue weighted by atomic mass is 10.2. The Kier molecular flexibility index (Phi) is 3.87. The Morgan fingerprint density at radius 1 is 1.44 bits per heavy atom. The van der Waals surface area contributed by atoms with E-state index >= 15 is 0 Å². The molecule has 1 unspecified atom stereocenters. The predicted octanol–water partition coefficient (Wildman–Crippen LogP) is 1.50. The number of carboxylic acids is 1. The van der Waals surface area contributed by atoms with E-state index < -0.39 is 12.0 Å². The Labute approximate surface area is 108 Å². The number of carboxylic acid groups (broad SMARTS) is 1. The van der Waals surface area contributed by atoms with Crippen molar-refractivity contribution < 1.29 is 9.90 Å². The Bertz CT molecular complexity index is 432. The first-order valence-electron chi connectivity index (χ1n) is 6.39. The first-order chi connectivity index (χ1) is 8.58. The van der Waals surface area contributed by atoms with Crippen LogP contribution in [-0.4, -0.2) is 36.2 Å². The number of rotatable bonds is 5. The summed E-state index contributed by atoms with van der Waals surface area (Å²) in [6.07, 6.45) is 1.00. The number of benzene rings is 1. The molecule has 18 heavy (non-hydrogen) atoms. The monoisotopic (exact) mass is 248 g/mol. The normalized spacial score (nSPS) is 15.8. The molecule has 98 valence electrons. The number of anilines is 1. The summed E-state index contributed by atoms with van der Waals surface area (Å²) >= 11 is 0. The molecule has 2 N–H and O–H groups in total. The number of nitrogens with zero attached hydrogens (tertiary/aromatic N) is 1. The minimum absolute atomic E-state index is 0.170. The van der Waals surface area contributed by atoms with E-state index in [1.54, 1.807) is 0 Å². The summed E-state index contributed by atoms with van der Waals surface area (Å²) in [5.74, 6) is -0.784. The van der Waals surface area contributed by atoms with Crippen molar-refractivity contribution in [3.8, 4) is 0 Å². The van der Waals surface area contributed by atoms with Gasteiger partial charge in [-0.15, -0.1) is 0 Å². The molecule has 1 aromatic rings. The van der Waals surface area contributed by atoms with Gasteiger partial charge < -0.3 is 15.3 Å². The minimum atomic E-state index is -0.784. The third kappa shape index (κ3) is 2.82. The fourth-order valence-corrected chi connectivity index (χ4v) is 2.42. The highest BCUT2D eigenvalue weighted by atomic mass is 16.4. The zero-order valence-corrected chi connectivity index (χ0v) is 10.9. The molecule has 4 heteroatoms. The number of para-hydroxylation sites is 1. The topological polar surface area (TPSA) is 52.6 Å². The second kappa shape index (κ2) is 5.40. The second-order valence-corrected chi connectivity index (χ2v) is 5.04. The van der Waals surface area contributed by atoms with Gasteiger partial charge in [0.15, 0.2) is 0 Å². The highest BCUT2D eigenvalue weighted by Gasteiger charge is 2.25. The SMILES string of the molecule is CC(C)NC(CN1CCc2ccccc21)C(=O)O. The molecule has 1 aliphatic rings. The lowest BCUT2D eigenvalue weighted by Gasteiger charge is -2.25. The van der Waals surface area contributed by atoms with Gasteiger partial charge in [-0.25, -0.2) is 0 Å². The van der Waals surface area contributed by atoms with Crippen molar-refractivity contribution in [3.05, 3.63) is 29.8 Å². The van der Waals surface area contributed by atoms with Crippen LogP contribution in [0.2, 0.25) is 0 Å². The fraction of sp³-hybridized carbons (Fsp3) is 0.500.